The van der Waals surface area contributed by atoms with E-state index in [9.17, 15) is 4.39 Å². The fourth-order valence-electron chi connectivity index (χ4n) is 3.52. The lowest BCUT2D eigenvalue weighted by atomic mass is 10.1. The van der Waals surface area contributed by atoms with Gasteiger partial charge in [0.05, 0.1) is 34.6 Å². The third kappa shape index (κ3) is 2.91. The van der Waals surface area contributed by atoms with Crippen LogP contribution in [0.25, 0.3) is 56.1 Å². The van der Waals surface area contributed by atoms with Crippen LogP contribution in [0, 0.1) is 5.82 Å². The average molecular weight is 408 g/mol. The number of nitrogens with one attached hydrogen (secondary N) is 2. The first-order chi connectivity index (χ1) is 15.3. The molecular formula is C22H13FN8. The molecule has 0 aliphatic heterocycles. The van der Waals surface area contributed by atoms with Crippen LogP contribution in [-0.2, 0) is 0 Å². The second-order valence-electron chi connectivity index (χ2n) is 6.93. The number of pyridine rings is 2. The zero-order chi connectivity index (χ0) is 20.8. The summed E-state index contributed by atoms with van der Waals surface area (Å²) in [7, 11) is 0. The van der Waals surface area contributed by atoms with Crippen molar-refractivity contribution in [2.75, 3.05) is 0 Å². The van der Waals surface area contributed by atoms with Crippen LogP contribution in [0.15, 0.2) is 67.4 Å². The van der Waals surface area contributed by atoms with Crippen molar-refractivity contribution in [3.8, 4) is 34.0 Å². The zero-order valence-electron chi connectivity index (χ0n) is 15.9. The highest BCUT2D eigenvalue weighted by atomic mass is 19.1. The van der Waals surface area contributed by atoms with Gasteiger partial charge in [0.1, 0.15) is 17.0 Å². The van der Waals surface area contributed by atoms with Crippen molar-refractivity contribution in [3.63, 3.8) is 0 Å². The SMILES string of the molecule is Fc1ccc(-c2cncc3[nH]c(-c4n[nH]c5ccc(-c6cnccn6)nc45)nc23)cc1. The Balaban J connectivity index is 1.51. The van der Waals surface area contributed by atoms with Gasteiger partial charge in [-0.2, -0.15) is 5.10 Å². The summed E-state index contributed by atoms with van der Waals surface area (Å²) in [5.41, 5.74) is 6.48. The molecule has 0 bridgehead atoms. The molecule has 0 unspecified atom stereocenters. The Kier molecular flexibility index (Phi) is 3.79. The van der Waals surface area contributed by atoms with Crippen LogP contribution in [-0.4, -0.2) is 40.1 Å². The normalized spacial score (nSPS) is 11.4. The highest BCUT2D eigenvalue weighted by molar-refractivity contribution is 5.95. The van der Waals surface area contributed by atoms with Crippen molar-refractivity contribution in [1.82, 2.24) is 40.1 Å². The van der Waals surface area contributed by atoms with Crippen molar-refractivity contribution < 1.29 is 4.39 Å². The van der Waals surface area contributed by atoms with Gasteiger partial charge in [-0.05, 0) is 29.8 Å². The van der Waals surface area contributed by atoms with Crippen molar-refractivity contribution in [2.24, 2.45) is 0 Å². The average Bonchev–Trinajstić information content (AvgIpc) is 3.43. The Morgan fingerprint density at radius 1 is 0.742 bits per heavy atom. The van der Waals surface area contributed by atoms with Crippen molar-refractivity contribution >= 4 is 22.1 Å². The molecule has 5 heterocycles. The van der Waals surface area contributed by atoms with Crippen LogP contribution in [0.4, 0.5) is 4.39 Å². The standard InChI is InChI=1S/C22H13FN8/c23-13-3-1-12(2-4-13)14-9-25-11-18-19(14)29-22(28-18)21-20-16(30-31-21)6-5-15(27-20)17-10-24-7-8-26-17/h1-11H,(H,28,29)(H,30,31). The second-order valence-corrected chi connectivity index (χ2v) is 6.93. The van der Waals surface area contributed by atoms with Crippen LogP contribution in [0.2, 0.25) is 0 Å². The Bertz CT molecular complexity index is 1540. The number of halogens is 1. The predicted molar refractivity (Wildman–Crippen MR) is 113 cm³/mol. The summed E-state index contributed by atoms with van der Waals surface area (Å²) in [5.74, 6) is 0.265. The van der Waals surface area contributed by atoms with E-state index in [0.29, 0.717) is 28.4 Å². The molecule has 1 aromatic carbocycles. The largest absolute Gasteiger partial charge is 0.335 e. The monoisotopic (exact) mass is 408 g/mol. The van der Waals surface area contributed by atoms with E-state index in [0.717, 1.165) is 27.7 Å². The molecule has 0 atom stereocenters. The highest BCUT2D eigenvalue weighted by Crippen LogP contribution is 2.31. The van der Waals surface area contributed by atoms with E-state index in [1.165, 1.54) is 12.1 Å². The molecule has 0 spiro atoms. The van der Waals surface area contributed by atoms with Crippen LogP contribution in [0.1, 0.15) is 0 Å². The third-order valence-corrected chi connectivity index (χ3v) is 5.01. The number of fused-ring (bicyclic) bond motifs is 2. The summed E-state index contributed by atoms with van der Waals surface area (Å²) in [6.45, 7) is 0. The van der Waals surface area contributed by atoms with E-state index in [1.807, 2.05) is 12.1 Å². The van der Waals surface area contributed by atoms with E-state index in [1.54, 1.807) is 43.1 Å². The maximum atomic E-state index is 13.3. The van der Waals surface area contributed by atoms with Gasteiger partial charge in [-0.15, -0.1) is 0 Å². The predicted octanol–water partition coefficient (Wildman–Crippen LogP) is 4.16. The van der Waals surface area contributed by atoms with Gasteiger partial charge < -0.3 is 4.98 Å². The van der Waals surface area contributed by atoms with E-state index >= 15 is 0 Å². The molecule has 0 aliphatic rings. The number of H-pyrrole nitrogens is 2. The molecule has 0 saturated heterocycles. The molecule has 9 heteroatoms. The van der Waals surface area contributed by atoms with Crippen LogP contribution >= 0.6 is 0 Å². The number of nitrogens with zero attached hydrogens (tertiary/aromatic N) is 6. The van der Waals surface area contributed by atoms with Gasteiger partial charge in [0.15, 0.2) is 11.5 Å². The number of aromatic amines is 2. The van der Waals surface area contributed by atoms with Gasteiger partial charge >= 0.3 is 0 Å². The molecule has 8 nitrogen and oxygen atoms in total. The smallest absolute Gasteiger partial charge is 0.161 e. The molecule has 0 saturated carbocycles. The maximum absolute atomic E-state index is 13.3. The summed E-state index contributed by atoms with van der Waals surface area (Å²) < 4.78 is 13.3. The summed E-state index contributed by atoms with van der Waals surface area (Å²) in [6, 6.07) is 10.0. The molecule has 5 aromatic heterocycles. The highest BCUT2D eigenvalue weighted by Gasteiger charge is 2.17. The molecule has 0 radical (unpaired) electrons. The summed E-state index contributed by atoms with van der Waals surface area (Å²) in [4.78, 5) is 25.5. The van der Waals surface area contributed by atoms with Crippen molar-refractivity contribution in [1.29, 1.82) is 0 Å². The summed E-state index contributed by atoms with van der Waals surface area (Å²) in [5, 5.41) is 7.42. The minimum absolute atomic E-state index is 0.292. The molecule has 0 aliphatic carbocycles. The van der Waals surface area contributed by atoms with E-state index in [4.69, 9.17) is 9.97 Å². The fraction of sp³-hybridized carbons (Fsp3) is 0. The Labute approximate surface area is 174 Å². The molecule has 0 fully saturated rings. The molecule has 31 heavy (non-hydrogen) atoms. The van der Waals surface area contributed by atoms with E-state index < -0.39 is 0 Å². The molecule has 2 N–H and O–H groups in total. The van der Waals surface area contributed by atoms with E-state index in [2.05, 4.69) is 30.1 Å². The van der Waals surface area contributed by atoms with Crippen molar-refractivity contribution in [3.05, 3.63) is 73.2 Å². The number of imidazole rings is 1. The van der Waals surface area contributed by atoms with Crippen molar-refractivity contribution in [2.45, 2.75) is 0 Å². The van der Waals surface area contributed by atoms with Gasteiger partial charge in [-0.25, -0.2) is 14.4 Å². The summed E-state index contributed by atoms with van der Waals surface area (Å²) in [6.07, 6.45) is 8.32. The lowest BCUT2D eigenvalue weighted by Crippen LogP contribution is -1.89. The van der Waals surface area contributed by atoms with Gasteiger partial charge in [0.25, 0.3) is 0 Å². The van der Waals surface area contributed by atoms with Gasteiger partial charge in [0.2, 0.25) is 0 Å². The van der Waals surface area contributed by atoms with E-state index in [-0.39, 0.29) is 5.82 Å². The second kappa shape index (κ2) is 6.77. The molecular weight excluding hydrogens is 395 g/mol. The summed E-state index contributed by atoms with van der Waals surface area (Å²) >= 11 is 0. The Hall–Kier alpha value is -4.53. The molecule has 6 aromatic rings. The first kappa shape index (κ1) is 17.3. The number of hydrogen-bond acceptors (Lipinski definition) is 6. The topological polar surface area (TPSA) is 109 Å². The fourth-order valence-corrected chi connectivity index (χ4v) is 3.52. The van der Waals surface area contributed by atoms with Crippen LogP contribution < -0.4 is 0 Å². The third-order valence-electron chi connectivity index (χ3n) is 5.01. The Morgan fingerprint density at radius 2 is 1.65 bits per heavy atom. The minimum Gasteiger partial charge on any atom is -0.335 e. The van der Waals surface area contributed by atoms with Gasteiger partial charge in [-0.3, -0.25) is 20.1 Å². The molecule has 148 valence electrons. The number of benzene rings is 1. The lowest BCUT2D eigenvalue weighted by molar-refractivity contribution is 0.628. The first-order valence-electron chi connectivity index (χ1n) is 9.48. The molecule has 6 rings (SSSR count). The number of rotatable bonds is 3. The number of aromatic nitrogens is 8. The minimum atomic E-state index is -0.292. The van der Waals surface area contributed by atoms with Gasteiger partial charge in [0, 0.05) is 24.2 Å². The van der Waals surface area contributed by atoms with Gasteiger partial charge in [-0.1, -0.05) is 12.1 Å². The quantitative estimate of drug-likeness (QED) is 0.455. The van der Waals surface area contributed by atoms with Crippen LogP contribution in [0.3, 0.4) is 0 Å². The Morgan fingerprint density at radius 3 is 2.48 bits per heavy atom. The zero-order valence-corrected chi connectivity index (χ0v) is 15.9. The van der Waals surface area contributed by atoms with Crippen LogP contribution in [0.5, 0.6) is 0 Å². The maximum Gasteiger partial charge on any atom is 0.161 e. The lowest BCUT2D eigenvalue weighted by Gasteiger charge is -2.01. The number of hydrogen-bond donors (Lipinski definition) is 2. The molecule has 0 amide bonds. The first-order valence-corrected chi connectivity index (χ1v) is 9.48.